The van der Waals surface area contributed by atoms with Gasteiger partial charge in [0.1, 0.15) is 23.8 Å². The monoisotopic (exact) mass is 554 g/mol. The second-order valence-corrected chi connectivity index (χ2v) is 9.86. The normalized spacial score (nSPS) is 29.1. The molecule has 1 aliphatic carbocycles. The first kappa shape index (κ1) is 29.7. The van der Waals surface area contributed by atoms with Crippen LogP contribution in [0.2, 0.25) is 0 Å². The van der Waals surface area contributed by atoms with Crippen molar-refractivity contribution in [3.8, 4) is 5.75 Å². The van der Waals surface area contributed by atoms with E-state index in [0.29, 0.717) is 17.7 Å². The highest BCUT2D eigenvalue weighted by Crippen LogP contribution is 2.43. The summed E-state index contributed by atoms with van der Waals surface area (Å²) in [5, 5.41) is 0. The van der Waals surface area contributed by atoms with E-state index in [1.54, 1.807) is 13.0 Å². The molecule has 2 aliphatic rings. The van der Waals surface area contributed by atoms with Crippen LogP contribution in [0.25, 0.3) is 0 Å². The zero-order chi connectivity index (χ0) is 28.0. The van der Waals surface area contributed by atoms with E-state index in [1.807, 2.05) is 12.1 Å². The molecule has 7 atom stereocenters. The molecule has 0 N–H and O–H groups in total. The molecular weight excluding hydrogens is 520 g/mol. The third kappa shape index (κ3) is 7.38. The lowest BCUT2D eigenvalue weighted by Gasteiger charge is -2.44. The lowest BCUT2D eigenvalue weighted by molar-refractivity contribution is -0.245. The number of carbonyl (C=O) groups excluding carboxylic acids is 4. The van der Waals surface area contributed by atoms with Crippen molar-refractivity contribution in [3.63, 3.8) is 0 Å². The summed E-state index contributed by atoms with van der Waals surface area (Å²) >= 11 is 5.61. The van der Waals surface area contributed by atoms with Gasteiger partial charge in [-0.25, -0.2) is 0 Å². The fourth-order valence-electron chi connectivity index (χ4n) is 5.26. The topological polar surface area (TPSA) is 124 Å². The van der Waals surface area contributed by atoms with E-state index in [1.165, 1.54) is 27.9 Å². The molecular formula is C27H35ClO10. The predicted octanol–water partition coefficient (Wildman–Crippen LogP) is 3.76. The molecule has 1 aliphatic heterocycles. The van der Waals surface area contributed by atoms with Crippen LogP contribution in [0.5, 0.6) is 5.75 Å². The molecule has 38 heavy (non-hydrogen) atoms. The number of ether oxygens (including phenoxy) is 6. The summed E-state index contributed by atoms with van der Waals surface area (Å²) in [6.07, 6.45) is -1.91. The summed E-state index contributed by atoms with van der Waals surface area (Å²) in [6, 6.07) is 5.66. The molecule has 0 bridgehead atoms. The van der Waals surface area contributed by atoms with Crippen LogP contribution in [0.3, 0.4) is 0 Å². The third-order valence-electron chi connectivity index (χ3n) is 6.74. The Morgan fingerprint density at radius 2 is 1.55 bits per heavy atom. The smallest absolute Gasteiger partial charge is 0.321 e. The van der Waals surface area contributed by atoms with E-state index < -0.39 is 54.4 Å². The first-order chi connectivity index (χ1) is 18.0. The number of benzene rings is 1. The van der Waals surface area contributed by atoms with Gasteiger partial charge < -0.3 is 28.4 Å². The number of halogens is 1. The largest absolute Gasteiger partial charge is 0.496 e. The number of hydrogen-bond acceptors (Lipinski definition) is 10. The Morgan fingerprint density at radius 1 is 0.921 bits per heavy atom. The van der Waals surface area contributed by atoms with Crippen LogP contribution in [0.1, 0.15) is 76.5 Å². The number of hydrogen-bond donors (Lipinski definition) is 0. The summed E-state index contributed by atoms with van der Waals surface area (Å²) in [7, 11) is 1.51. The van der Waals surface area contributed by atoms with Gasteiger partial charge in [-0.05, 0) is 56.2 Å². The average molecular weight is 555 g/mol. The number of alkyl halides is 1. The van der Waals surface area contributed by atoms with Gasteiger partial charge >= 0.3 is 23.9 Å². The van der Waals surface area contributed by atoms with E-state index in [2.05, 4.69) is 0 Å². The standard InChI is InChI=1S/C27H35ClO10/c1-14-24(35-15(2)29)26(36-16(3)30)27(37-17(4)31)25(34-14)21-12-19(9-10-22(21)33-5)18-7-6-8-20(11-18)38-23(32)13-28/h9-10,12,14,18,20,24-27H,6-8,11,13H2,1-5H3/t14-,18?,20?,24+,25+,26+,27+/m1/s1. The highest BCUT2D eigenvalue weighted by molar-refractivity contribution is 6.26. The fourth-order valence-corrected chi connectivity index (χ4v) is 5.33. The molecule has 210 valence electrons. The highest BCUT2D eigenvalue weighted by atomic mass is 35.5. The van der Waals surface area contributed by atoms with Gasteiger partial charge in [-0.1, -0.05) is 6.07 Å². The molecule has 2 unspecified atom stereocenters. The summed E-state index contributed by atoms with van der Waals surface area (Å²) < 4.78 is 34.0. The van der Waals surface area contributed by atoms with E-state index in [9.17, 15) is 19.2 Å². The van der Waals surface area contributed by atoms with Crippen molar-refractivity contribution in [1.29, 1.82) is 0 Å². The van der Waals surface area contributed by atoms with Crippen molar-refractivity contribution < 1.29 is 47.6 Å². The van der Waals surface area contributed by atoms with Gasteiger partial charge in [0.15, 0.2) is 18.3 Å². The summed E-state index contributed by atoms with van der Waals surface area (Å²) in [6.45, 7) is 5.38. The van der Waals surface area contributed by atoms with Gasteiger partial charge in [0, 0.05) is 26.3 Å². The minimum Gasteiger partial charge on any atom is -0.496 e. The Balaban J connectivity index is 2.00. The van der Waals surface area contributed by atoms with Crippen LogP contribution in [0, 0.1) is 0 Å². The fraction of sp³-hybridized carbons (Fsp3) is 0.630. The highest BCUT2D eigenvalue weighted by Gasteiger charge is 2.51. The second-order valence-electron chi connectivity index (χ2n) is 9.59. The zero-order valence-electron chi connectivity index (χ0n) is 22.3. The van der Waals surface area contributed by atoms with Gasteiger partial charge in [0.2, 0.25) is 0 Å². The molecule has 11 heteroatoms. The zero-order valence-corrected chi connectivity index (χ0v) is 23.0. The van der Waals surface area contributed by atoms with E-state index in [0.717, 1.165) is 24.8 Å². The summed E-state index contributed by atoms with van der Waals surface area (Å²) in [5.74, 6) is -1.91. The first-order valence-electron chi connectivity index (χ1n) is 12.6. The quantitative estimate of drug-likeness (QED) is 0.266. The third-order valence-corrected chi connectivity index (χ3v) is 6.96. The Hall–Kier alpha value is -2.85. The maximum Gasteiger partial charge on any atom is 0.321 e. The van der Waals surface area contributed by atoms with Crippen LogP contribution in [-0.2, 0) is 42.9 Å². The molecule has 0 amide bonds. The van der Waals surface area contributed by atoms with E-state index >= 15 is 0 Å². The summed E-state index contributed by atoms with van der Waals surface area (Å²) in [5.41, 5.74) is 1.55. The molecule has 1 saturated heterocycles. The van der Waals surface area contributed by atoms with Gasteiger partial charge in [0.05, 0.1) is 13.2 Å². The maximum atomic E-state index is 12.1. The van der Waals surface area contributed by atoms with Gasteiger partial charge in [-0.2, -0.15) is 0 Å². The van der Waals surface area contributed by atoms with Crippen molar-refractivity contribution >= 4 is 35.5 Å². The molecule has 1 saturated carbocycles. The molecule has 10 nitrogen and oxygen atoms in total. The molecule has 1 heterocycles. The van der Waals surface area contributed by atoms with E-state index in [4.69, 9.17) is 40.0 Å². The van der Waals surface area contributed by atoms with Gasteiger partial charge in [-0.15, -0.1) is 11.6 Å². The average Bonchev–Trinajstić information content (AvgIpc) is 2.86. The van der Waals surface area contributed by atoms with Crippen LogP contribution >= 0.6 is 11.6 Å². The van der Waals surface area contributed by atoms with Crippen molar-refractivity contribution in [2.24, 2.45) is 0 Å². The Labute approximate surface area is 227 Å². The Morgan fingerprint density at radius 3 is 2.16 bits per heavy atom. The molecule has 1 aromatic carbocycles. The van der Waals surface area contributed by atoms with Crippen LogP contribution in [0.4, 0.5) is 0 Å². The Bertz CT molecular complexity index is 1030. The van der Waals surface area contributed by atoms with Crippen molar-refractivity contribution in [2.75, 3.05) is 13.0 Å². The molecule has 0 spiro atoms. The minimum absolute atomic E-state index is 0.0905. The lowest BCUT2D eigenvalue weighted by atomic mass is 9.81. The van der Waals surface area contributed by atoms with Crippen LogP contribution in [0.15, 0.2) is 18.2 Å². The number of methoxy groups -OCH3 is 1. The molecule has 0 radical (unpaired) electrons. The molecule has 0 aromatic heterocycles. The second kappa shape index (κ2) is 13.3. The minimum atomic E-state index is -1.12. The predicted molar refractivity (Wildman–Crippen MR) is 135 cm³/mol. The van der Waals surface area contributed by atoms with E-state index in [-0.39, 0.29) is 17.9 Å². The molecule has 1 aromatic rings. The summed E-state index contributed by atoms with van der Waals surface area (Å²) in [4.78, 5) is 47.7. The van der Waals surface area contributed by atoms with Crippen LogP contribution in [-0.4, -0.2) is 67.4 Å². The van der Waals surface area contributed by atoms with Crippen molar-refractivity contribution in [2.45, 2.75) is 95.9 Å². The number of rotatable bonds is 8. The van der Waals surface area contributed by atoms with Crippen molar-refractivity contribution in [1.82, 2.24) is 0 Å². The van der Waals surface area contributed by atoms with Crippen molar-refractivity contribution in [3.05, 3.63) is 29.3 Å². The van der Waals surface area contributed by atoms with Crippen LogP contribution < -0.4 is 4.74 Å². The number of esters is 4. The maximum absolute atomic E-state index is 12.1. The molecule has 2 fully saturated rings. The van der Waals surface area contributed by atoms with Gasteiger partial charge in [0.25, 0.3) is 0 Å². The first-order valence-corrected chi connectivity index (χ1v) is 13.2. The van der Waals surface area contributed by atoms with Gasteiger partial charge in [-0.3, -0.25) is 19.2 Å². The lowest BCUT2D eigenvalue weighted by Crippen LogP contribution is -2.57. The molecule has 3 rings (SSSR count). The Kier molecular flexibility index (Phi) is 10.4. The number of carbonyl (C=O) groups is 4. The SMILES string of the molecule is COc1ccc(C2CCCC(OC(=O)CCl)C2)cc1[C@@H]1O[C@H](C)[C@H](OC(C)=O)[C@H](OC(C)=O)[C@H]1OC(C)=O.